The van der Waals surface area contributed by atoms with Gasteiger partial charge in [-0.25, -0.2) is 14.5 Å². The minimum atomic E-state index is -1.09. The first-order chi connectivity index (χ1) is 10.2. The second kappa shape index (κ2) is 5.20. The van der Waals surface area contributed by atoms with E-state index in [1.54, 1.807) is 17.2 Å². The molecule has 3 aromatic rings. The van der Waals surface area contributed by atoms with Gasteiger partial charge in [0, 0.05) is 12.6 Å². The highest BCUT2D eigenvalue weighted by Crippen LogP contribution is 2.22. The molecular formula is C14H13N5O2. The van der Waals surface area contributed by atoms with Gasteiger partial charge in [-0.3, -0.25) is 0 Å². The van der Waals surface area contributed by atoms with Crippen molar-refractivity contribution in [1.29, 1.82) is 0 Å². The summed E-state index contributed by atoms with van der Waals surface area (Å²) in [5.74, 6) is -1.09. The van der Waals surface area contributed by atoms with Gasteiger partial charge in [-0.2, -0.15) is 0 Å². The van der Waals surface area contributed by atoms with Crippen molar-refractivity contribution in [2.24, 2.45) is 7.05 Å². The molecule has 0 saturated carbocycles. The molecule has 0 aliphatic rings. The maximum atomic E-state index is 11.3. The summed E-state index contributed by atoms with van der Waals surface area (Å²) in [4.78, 5) is 15.4. The van der Waals surface area contributed by atoms with E-state index < -0.39 is 5.97 Å². The standard InChI is InChI=1S/C14H13N5O2/c1-18-9-15-7-11(18)8-19-13(10-5-3-2-4-6-10)12(14(20)21)16-17-19/h2-7,9H,8H2,1H3,(H,20,21). The number of benzene rings is 1. The van der Waals surface area contributed by atoms with Crippen LogP contribution in [-0.4, -0.2) is 35.6 Å². The van der Waals surface area contributed by atoms with E-state index >= 15 is 0 Å². The normalized spacial score (nSPS) is 10.7. The Morgan fingerprint density at radius 2 is 2.05 bits per heavy atom. The van der Waals surface area contributed by atoms with Crippen LogP contribution < -0.4 is 0 Å². The Morgan fingerprint density at radius 3 is 2.67 bits per heavy atom. The number of rotatable bonds is 4. The fourth-order valence-electron chi connectivity index (χ4n) is 2.14. The number of aromatic nitrogens is 5. The minimum absolute atomic E-state index is 0.0524. The molecule has 21 heavy (non-hydrogen) atoms. The third-order valence-electron chi connectivity index (χ3n) is 3.21. The first-order valence-corrected chi connectivity index (χ1v) is 6.34. The fraction of sp³-hybridized carbons (Fsp3) is 0.143. The molecule has 0 saturated heterocycles. The van der Waals surface area contributed by atoms with Crippen molar-refractivity contribution >= 4 is 5.97 Å². The molecule has 1 aromatic carbocycles. The van der Waals surface area contributed by atoms with Crippen molar-refractivity contribution in [2.75, 3.05) is 0 Å². The van der Waals surface area contributed by atoms with E-state index in [1.165, 1.54) is 0 Å². The summed E-state index contributed by atoms with van der Waals surface area (Å²) in [6.07, 6.45) is 3.41. The lowest BCUT2D eigenvalue weighted by molar-refractivity contribution is 0.0691. The van der Waals surface area contributed by atoms with E-state index in [0.29, 0.717) is 12.2 Å². The number of aromatic carboxylic acids is 1. The third-order valence-corrected chi connectivity index (χ3v) is 3.21. The molecule has 0 aliphatic heterocycles. The summed E-state index contributed by atoms with van der Waals surface area (Å²) >= 11 is 0. The molecule has 3 rings (SSSR count). The summed E-state index contributed by atoms with van der Waals surface area (Å²) in [6, 6.07) is 9.25. The second-order valence-corrected chi connectivity index (χ2v) is 4.61. The highest BCUT2D eigenvalue weighted by molar-refractivity contribution is 5.92. The number of carboxylic acids is 1. The van der Waals surface area contributed by atoms with Crippen LogP contribution >= 0.6 is 0 Å². The van der Waals surface area contributed by atoms with E-state index in [4.69, 9.17) is 0 Å². The zero-order valence-electron chi connectivity index (χ0n) is 11.3. The van der Waals surface area contributed by atoms with Gasteiger partial charge in [0.05, 0.1) is 24.8 Å². The largest absolute Gasteiger partial charge is 0.476 e. The molecule has 1 N–H and O–H groups in total. The Bertz CT molecular complexity index is 776. The zero-order valence-corrected chi connectivity index (χ0v) is 11.3. The van der Waals surface area contributed by atoms with Crippen molar-refractivity contribution in [1.82, 2.24) is 24.5 Å². The third kappa shape index (κ3) is 2.40. The van der Waals surface area contributed by atoms with Gasteiger partial charge in [0.2, 0.25) is 0 Å². The lowest BCUT2D eigenvalue weighted by atomic mass is 10.1. The van der Waals surface area contributed by atoms with Crippen LogP contribution in [0.3, 0.4) is 0 Å². The van der Waals surface area contributed by atoms with E-state index in [0.717, 1.165) is 11.3 Å². The number of nitrogens with zero attached hydrogens (tertiary/aromatic N) is 5. The van der Waals surface area contributed by atoms with Crippen molar-refractivity contribution in [2.45, 2.75) is 6.54 Å². The smallest absolute Gasteiger partial charge is 0.358 e. The minimum Gasteiger partial charge on any atom is -0.476 e. The topological polar surface area (TPSA) is 85.8 Å². The van der Waals surface area contributed by atoms with E-state index in [2.05, 4.69) is 15.3 Å². The zero-order chi connectivity index (χ0) is 14.8. The molecule has 0 spiro atoms. The van der Waals surface area contributed by atoms with Crippen molar-refractivity contribution in [3.8, 4) is 11.3 Å². The molecule has 7 nitrogen and oxygen atoms in total. The first kappa shape index (κ1) is 13.0. The van der Waals surface area contributed by atoms with Gasteiger partial charge in [-0.05, 0) is 0 Å². The van der Waals surface area contributed by atoms with E-state index in [9.17, 15) is 9.90 Å². The van der Waals surface area contributed by atoms with Crippen LogP contribution in [0.15, 0.2) is 42.9 Å². The molecule has 0 fully saturated rings. The summed E-state index contributed by atoms with van der Waals surface area (Å²) in [6.45, 7) is 0.404. The molecule has 0 atom stereocenters. The number of carbonyl (C=O) groups is 1. The van der Waals surface area contributed by atoms with Crippen LogP contribution in [0.5, 0.6) is 0 Å². The average molecular weight is 283 g/mol. The fourth-order valence-corrected chi connectivity index (χ4v) is 2.14. The van der Waals surface area contributed by atoms with Crippen LogP contribution in [0.25, 0.3) is 11.3 Å². The number of carboxylic acid groups (broad SMARTS) is 1. The van der Waals surface area contributed by atoms with Gasteiger partial charge >= 0.3 is 5.97 Å². The number of aryl methyl sites for hydroxylation is 1. The Labute approximate surface area is 120 Å². The van der Waals surface area contributed by atoms with Gasteiger partial charge in [-0.1, -0.05) is 35.5 Å². The molecular weight excluding hydrogens is 270 g/mol. The lowest BCUT2D eigenvalue weighted by Crippen LogP contribution is -2.08. The number of hydrogen-bond donors (Lipinski definition) is 1. The highest BCUT2D eigenvalue weighted by atomic mass is 16.4. The van der Waals surface area contributed by atoms with Crippen LogP contribution in [0, 0.1) is 0 Å². The van der Waals surface area contributed by atoms with Gasteiger partial charge < -0.3 is 9.67 Å². The quantitative estimate of drug-likeness (QED) is 0.782. The molecule has 106 valence electrons. The Balaban J connectivity index is 2.09. The maximum Gasteiger partial charge on any atom is 0.358 e. The summed E-state index contributed by atoms with van der Waals surface area (Å²) in [5.41, 5.74) is 2.11. The summed E-state index contributed by atoms with van der Waals surface area (Å²) < 4.78 is 3.44. The Morgan fingerprint density at radius 1 is 1.29 bits per heavy atom. The average Bonchev–Trinajstić information content (AvgIpc) is 3.07. The van der Waals surface area contributed by atoms with Crippen molar-refractivity contribution < 1.29 is 9.90 Å². The molecule has 7 heteroatoms. The van der Waals surface area contributed by atoms with Gasteiger partial charge in [-0.15, -0.1) is 5.10 Å². The summed E-state index contributed by atoms with van der Waals surface area (Å²) in [7, 11) is 1.87. The van der Waals surface area contributed by atoms with E-state index in [1.807, 2.05) is 41.9 Å². The first-order valence-electron chi connectivity index (χ1n) is 6.34. The highest BCUT2D eigenvalue weighted by Gasteiger charge is 2.20. The maximum absolute atomic E-state index is 11.3. The molecule has 0 amide bonds. The number of imidazole rings is 1. The monoisotopic (exact) mass is 283 g/mol. The van der Waals surface area contributed by atoms with Crippen LogP contribution in [0.2, 0.25) is 0 Å². The summed E-state index contributed by atoms with van der Waals surface area (Å²) in [5, 5.41) is 17.0. The van der Waals surface area contributed by atoms with Gasteiger partial charge in [0.15, 0.2) is 5.69 Å². The van der Waals surface area contributed by atoms with E-state index in [-0.39, 0.29) is 5.69 Å². The SMILES string of the molecule is Cn1cncc1Cn1nnc(C(=O)O)c1-c1ccccc1. The second-order valence-electron chi connectivity index (χ2n) is 4.61. The van der Waals surface area contributed by atoms with Gasteiger partial charge in [0.25, 0.3) is 0 Å². The van der Waals surface area contributed by atoms with Crippen LogP contribution in [-0.2, 0) is 13.6 Å². The van der Waals surface area contributed by atoms with Crippen LogP contribution in [0.1, 0.15) is 16.2 Å². The number of hydrogen-bond acceptors (Lipinski definition) is 4. The molecule has 2 aromatic heterocycles. The van der Waals surface area contributed by atoms with Crippen molar-refractivity contribution in [3.05, 3.63) is 54.2 Å². The molecule has 0 radical (unpaired) electrons. The van der Waals surface area contributed by atoms with Gasteiger partial charge in [0.1, 0.15) is 5.69 Å². The molecule has 0 bridgehead atoms. The predicted molar refractivity (Wildman–Crippen MR) is 74.7 cm³/mol. The Kier molecular flexibility index (Phi) is 3.23. The Hall–Kier alpha value is -2.96. The predicted octanol–water partition coefficient (Wildman–Crippen LogP) is 1.43. The van der Waals surface area contributed by atoms with Crippen LogP contribution in [0.4, 0.5) is 0 Å². The molecule has 2 heterocycles. The lowest BCUT2D eigenvalue weighted by Gasteiger charge is -2.07. The van der Waals surface area contributed by atoms with Crippen molar-refractivity contribution in [3.63, 3.8) is 0 Å². The molecule has 0 unspecified atom stereocenters. The molecule has 0 aliphatic carbocycles.